The van der Waals surface area contributed by atoms with Gasteiger partial charge in [0.05, 0.1) is 34.8 Å². The molecule has 0 rings (SSSR count). The zero-order chi connectivity index (χ0) is 10.4. The third-order valence-corrected chi connectivity index (χ3v) is 0.800. The average molecular weight is 217 g/mol. The fourth-order valence-corrected chi connectivity index (χ4v) is 0.447. The first-order valence-corrected chi connectivity index (χ1v) is 4.83. The molecule has 0 radical (unpaired) electrons. The SMILES string of the molecule is CCOS(=O)(=O)O.C[N+](C)(C)C.N. The number of rotatable bonds is 2. The topological polar surface area (TPSA) is 98.6 Å². The largest absolute Gasteiger partial charge is 0.397 e. The Morgan fingerprint density at radius 3 is 1.46 bits per heavy atom. The van der Waals surface area contributed by atoms with Crippen LogP contribution in [0, 0.1) is 0 Å². The molecule has 0 aliphatic rings. The van der Waals surface area contributed by atoms with Gasteiger partial charge in [0.25, 0.3) is 0 Å². The number of hydrogen-bond donors (Lipinski definition) is 2. The maximum atomic E-state index is 9.56. The van der Waals surface area contributed by atoms with Gasteiger partial charge in [-0.1, -0.05) is 0 Å². The highest BCUT2D eigenvalue weighted by Crippen LogP contribution is 1.81. The van der Waals surface area contributed by atoms with E-state index in [4.69, 9.17) is 4.55 Å². The third kappa shape index (κ3) is 78.7. The summed E-state index contributed by atoms with van der Waals surface area (Å²) in [4.78, 5) is 0. The van der Waals surface area contributed by atoms with E-state index in [9.17, 15) is 8.42 Å². The predicted octanol–water partition coefficient (Wildman–Crippen LogP) is 0.310. The molecule has 0 aliphatic carbocycles. The molecule has 6 nitrogen and oxygen atoms in total. The Hall–Kier alpha value is -0.210. The van der Waals surface area contributed by atoms with Crippen LogP contribution in [0.25, 0.3) is 0 Å². The van der Waals surface area contributed by atoms with Crippen LogP contribution in [0.3, 0.4) is 0 Å². The van der Waals surface area contributed by atoms with Crippen molar-refractivity contribution < 1.29 is 21.6 Å². The van der Waals surface area contributed by atoms with Crippen LogP contribution in [0.2, 0.25) is 0 Å². The minimum absolute atomic E-state index is 0. The van der Waals surface area contributed by atoms with E-state index >= 15 is 0 Å². The molecule has 0 aromatic rings. The summed E-state index contributed by atoms with van der Waals surface area (Å²) in [7, 11) is 4.33. The van der Waals surface area contributed by atoms with Crippen LogP contribution in [0.5, 0.6) is 0 Å². The van der Waals surface area contributed by atoms with Crippen LogP contribution >= 0.6 is 0 Å². The second kappa shape index (κ2) is 7.22. The maximum absolute atomic E-state index is 9.56. The summed E-state index contributed by atoms with van der Waals surface area (Å²) in [6, 6.07) is 0. The molecule has 0 amide bonds. The van der Waals surface area contributed by atoms with Crippen molar-refractivity contribution in [2.24, 2.45) is 0 Å². The van der Waals surface area contributed by atoms with Crippen LogP contribution < -0.4 is 6.15 Å². The van der Waals surface area contributed by atoms with Crippen molar-refractivity contribution in [1.29, 1.82) is 0 Å². The third-order valence-electron chi connectivity index (χ3n) is 0.267. The van der Waals surface area contributed by atoms with Crippen molar-refractivity contribution in [3.05, 3.63) is 0 Å². The zero-order valence-electron chi connectivity index (χ0n) is 8.94. The fraction of sp³-hybridized carbons (Fsp3) is 1.00. The van der Waals surface area contributed by atoms with E-state index in [2.05, 4.69) is 32.4 Å². The van der Waals surface area contributed by atoms with Crippen LogP contribution in [-0.2, 0) is 14.6 Å². The normalized spacial score (nSPS) is 10.9. The molecule has 0 heterocycles. The number of hydrogen-bond acceptors (Lipinski definition) is 4. The quantitative estimate of drug-likeness (QED) is 0.512. The highest BCUT2D eigenvalue weighted by Gasteiger charge is 1.98. The zero-order valence-corrected chi connectivity index (χ0v) is 9.76. The Labute approximate surface area is 80.6 Å². The Morgan fingerprint density at radius 1 is 1.23 bits per heavy atom. The van der Waals surface area contributed by atoms with E-state index in [0.717, 1.165) is 4.48 Å². The van der Waals surface area contributed by atoms with Gasteiger partial charge in [-0.2, -0.15) is 8.42 Å². The van der Waals surface area contributed by atoms with Crippen molar-refractivity contribution in [2.75, 3.05) is 34.8 Å². The first-order valence-electron chi connectivity index (χ1n) is 3.47. The van der Waals surface area contributed by atoms with Crippen molar-refractivity contribution in [3.8, 4) is 0 Å². The lowest BCUT2D eigenvalue weighted by atomic mass is 10.8. The van der Waals surface area contributed by atoms with Gasteiger partial charge in [0, 0.05) is 0 Å². The average Bonchev–Trinajstić information content (AvgIpc) is 1.54. The van der Waals surface area contributed by atoms with E-state index in [-0.39, 0.29) is 12.8 Å². The molecule has 0 fully saturated rings. The van der Waals surface area contributed by atoms with E-state index in [1.54, 1.807) is 0 Å². The lowest BCUT2D eigenvalue weighted by Crippen LogP contribution is -2.27. The van der Waals surface area contributed by atoms with E-state index in [0.29, 0.717) is 0 Å². The minimum atomic E-state index is -4.17. The molecule has 0 aliphatic heterocycles. The maximum Gasteiger partial charge on any atom is 0.397 e. The highest BCUT2D eigenvalue weighted by atomic mass is 32.3. The fourth-order valence-electron chi connectivity index (χ4n) is 0.149. The summed E-state index contributed by atoms with van der Waals surface area (Å²) in [6.07, 6.45) is 0. The van der Waals surface area contributed by atoms with Crippen LogP contribution in [0.15, 0.2) is 0 Å². The molecule has 0 spiro atoms. The summed E-state index contributed by atoms with van der Waals surface area (Å²) in [5.74, 6) is 0. The molecule has 0 aromatic heterocycles. The number of nitrogens with zero attached hydrogens (tertiary/aromatic N) is 1. The molecule has 4 N–H and O–H groups in total. The van der Waals surface area contributed by atoms with Crippen molar-refractivity contribution in [3.63, 3.8) is 0 Å². The minimum Gasteiger partial charge on any atom is -0.344 e. The first kappa shape index (κ1) is 18.5. The molecule has 84 valence electrons. The van der Waals surface area contributed by atoms with Gasteiger partial charge in [-0.05, 0) is 6.92 Å². The monoisotopic (exact) mass is 217 g/mol. The molecule has 0 atom stereocenters. The highest BCUT2D eigenvalue weighted by molar-refractivity contribution is 7.80. The Bertz CT molecular complexity index is 189. The van der Waals surface area contributed by atoms with E-state index < -0.39 is 10.4 Å². The Morgan fingerprint density at radius 2 is 1.46 bits per heavy atom. The predicted molar refractivity (Wildman–Crippen MR) is 52.2 cm³/mol. The van der Waals surface area contributed by atoms with E-state index in [1.165, 1.54) is 6.92 Å². The van der Waals surface area contributed by atoms with Crippen molar-refractivity contribution >= 4 is 10.4 Å². The van der Waals surface area contributed by atoms with Gasteiger partial charge < -0.3 is 10.6 Å². The van der Waals surface area contributed by atoms with Gasteiger partial charge in [0.15, 0.2) is 0 Å². The van der Waals surface area contributed by atoms with Gasteiger partial charge >= 0.3 is 10.4 Å². The molecule has 0 bridgehead atoms. The van der Waals surface area contributed by atoms with Gasteiger partial charge in [-0.15, -0.1) is 0 Å². The molecular formula is C6H21N2O4S+. The molecular weight excluding hydrogens is 196 g/mol. The summed E-state index contributed by atoms with van der Waals surface area (Å²) in [5.41, 5.74) is 0. The summed E-state index contributed by atoms with van der Waals surface area (Å²) >= 11 is 0. The van der Waals surface area contributed by atoms with Gasteiger partial charge in [-0.3, -0.25) is 4.55 Å². The molecule has 0 saturated heterocycles. The Kier molecular flexibility index (Phi) is 10.3. The summed E-state index contributed by atoms with van der Waals surface area (Å²) < 4.78 is 31.7. The molecule has 7 heteroatoms. The van der Waals surface area contributed by atoms with Crippen LogP contribution in [-0.4, -0.2) is 52.3 Å². The van der Waals surface area contributed by atoms with Crippen molar-refractivity contribution in [1.82, 2.24) is 6.15 Å². The van der Waals surface area contributed by atoms with Crippen LogP contribution in [0.4, 0.5) is 0 Å². The van der Waals surface area contributed by atoms with Crippen molar-refractivity contribution in [2.45, 2.75) is 6.92 Å². The van der Waals surface area contributed by atoms with Crippen LogP contribution in [0.1, 0.15) is 6.92 Å². The first-order chi connectivity index (χ1) is 5.06. The van der Waals surface area contributed by atoms with Gasteiger partial charge in [0.1, 0.15) is 0 Å². The number of quaternary nitrogens is 1. The lowest BCUT2D eigenvalue weighted by molar-refractivity contribution is -0.849. The molecule has 13 heavy (non-hydrogen) atoms. The standard InChI is InChI=1S/C4H12N.C2H6O4S.H3N/c1-5(2,3)4;1-2-6-7(3,4)5;/h1-4H3;2H2,1H3,(H,3,4,5);1H3/q+1;;. The molecule has 0 saturated carbocycles. The molecule has 0 unspecified atom stereocenters. The Balaban J connectivity index is -0.000000150. The smallest absolute Gasteiger partial charge is 0.344 e. The lowest BCUT2D eigenvalue weighted by Gasteiger charge is -2.14. The molecule has 0 aromatic carbocycles. The van der Waals surface area contributed by atoms with Gasteiger partial charge in [0.2, 0.25) is 0 Å². The second-order valence-corrected chi connectivity index (χ2v) is 4.61. The summed E-state index contributed by atoms with van der Waals surface area (Å²) in [6.45, 7) is 1.44. The van der Waals surface area contributed by atoms with E-state index in [1.807, 2.05) is 0 Å². The summed E-state index contributed by atoms with van der Waals surface area (Å²) in [5, 5.41) is 0. The van der Waals surface area contributed by atoms with Gasteiger partial charge in [-0.25, -0.2) is 4.18 Å². The second-order valence-electron chi connectivity index (χ2n) is 3.52.